The molecular formula is C19H24N2O4S2. The summed E-state index contributed by atoms with van der Waals surface area (Å²) in [6.45, 7) is 1.78. The van der Waals surface area contributed by atoms with E-state index in [0.29, 0.717) is 23.5 Å². The first-order valence-electron chi connectivity index (χ1n) is 8.39. The van der Waals surface area contributed by atoms with Crippen molar-refractivity contribution in [2.24, 2.45) is 0 Å². The summed E-state index contributed by atoms with van der Waals surface area (Å²) in [6.07, 6.45) is 3.35. The predicted octanol–water partition coefficient (Wildman–Crippen LogP) is 3.60. The number of thioether (sulfide) groups is 1. The minimum atomic E-state index is -3.68. The van der Waals surface area contributed by atoms with Crippen LogP contribution in [0.15, 0.2) is 53.4 Å². The van der Waals surface area contributed by atoms with E-state index in [1.807, 2.05) is 24.5 Å². The van der Waals surface area contributed by atoms with Crippen LogP contribution in [-0.2, 0) is 14.8 Å². The predicted molar refractivity (Wildman–Crippen MR) is 111 cm³/mol. The van der Waals surface area contributed by atoms with Gasteiger partial charge in [-0.2, -0.15) is 0 Å². The minimum Gasteiger partial charge on any atom is -0.497 e. The second-order valence-electron chi connectivity index (χ2n) is 5.87. The number of sulfonamides is 1. The number of hydrogen-bond acceptors (Lipinski definition) is 5. The lowest BCUT2D eigenvalue weighted by Gasteiger charge is -2.30. The molecule has 1 N–H and O–H groups in total. The number of ether oxygens (including phenoxy) is 1. The zero-order valence-corrected chi connectivity index (χ0v) is 17.4. The number of nitrogens with zero attached hydrogens (tertiary/aromatic N) is 1. The Hall–Kier alpha value is -2.19. The lowest BCUT2D eigenvalue weighted by Crippen LogP contribution is -2.47. The number of methoxy groups -OCH3 is 1. The van der Waals surface area contributed by atoms with Crippen molar-refractivity contribution in [2.75, 3.05) is 29.2 Å². The van der Waals surface area contributed by atoms with E-state index in [-0.39, 0.29) is 5.91 Å². The number of carbonyl (C=O) groups excluding carboxylic acids is 1. The fourth-order valence-electron chi connectivity index (χ4n) is 2.75. The standard InChI is InChI=1S/C19H24N2O4S2/c1-5-17(19(22)20-16-8-6-7-9-18(16)26-3)21(27(4,23)24)14-10-12-15(25-2)13-11-14/h6-13,17H,5H2,1-4H3,(H,20,22)/t17-/m0/s1. The van der Waals surface area contributed by atoms with Crippen molar-refractivity contribution >= 4 is 39.1 Å². The van der Waals surface area contributed by atoms with Gasteiger partial charge in [0, 0.05) is 4.90 Å². The van der Waals surface area contributed by atoms with Gasteiger partial charge in [0.15, 0.2) is 0 Å². The molecule has 2 aromatic carbocycles. The summed E-state index contributed by atoms with van der Waals surface area (Å²) in [5.41, 5.74) is 1.08. The Labute approximate surface area is 165 Å². The summed E-state index contributed by atoms with van der Waals surface area (Å²) in [4.78, 5) is 13.9. The lowest BCUT2D eigenvalue weighted by atomic mass is 10.1. The Kier molecular flexibility index (Phi) is 7.15. The fourth-order valence-corrected chi connectivity index (χ4v) is 4.52. The molecule has 1 atom stereocenters. The van der Waals surface area contributed by atoms with Gasteiger partial charge in [0.25, 0.3) is 0 Å². The van der Waals surface area contributed by atoms with Crippen molar-refractivity contribution in [2.45, 2.75) is 24.3 Å². The summed E-state index contributed by atoms with van der Waals surface area (Å²) in [5.74, 6) is 0.235. The third kappa shape index (κ3) is 5.17. The molecule has 1 amide bonds. The van der Waals surface area contributed by atoms with Gasteiger partial charge < -0.3 is 10.1 Å². The molecule has 0 aliphatic rings. The maximum absolute atomic E-state index is 12.9. The molecule has 0 spiro atoms. The highest BCUT2D eigenvalue weighted by molar-refractivity contribution is 7.98. The molecular weight excluding hydrogens is 384 g/mol. The number of nitrogens with one attached hydrogen (secondary N) is 1. The monoisotopic (exact) mass is 408 g/mol. The molecule has 27 heavy (non-hydrogen) atoms. The molecule has 8 heteroatoms. The van der Waals surface area contributed by atoms with E-state index >= 15 is 0 Å². The fraction of sp³-hybridized carbons (Fsp3) is 0.316. The van der Waals surface area contributed by atoms with Crippen LogP contribution in [0.1, 0.15) is 13.3 Å². The number of amides is 1. The van der Waals surface area contributed by atoms with Gasteiger partial charge in [-0.05, 0) is 49.1 Å². The number of hydrogen-bond donors (Lipinski definition) is 1. The van der Waals surface area contributed by atoms with Crippen molar-refractivity contribution in [3.05, 3.63) is 48.5 Å². The van der Waals surface area contributed by atoms with Crippen LogP contribution in [0.2, 0.25) is 0 Å². The van der Waals surface area contributed by atoms with Gasteiger partial charge in [-0.25, -0.2) is 8.42 Å². The van der Waals surface area contributed by atoms with Gasteiger partial charge >= 0.3 is 0 Å². The number of rotatable bonds is 8. The van der Waals surface area contributed by atoms with Crippen LogP contribution in [0, 0.1) is 0 Å². The molecule has 0 heterocycles. The van der Waals surface area contributed by atoms with Crippen molar-refractivity contribution in [1.29, 1.82) is 0 Å². The van der Waals surface area contributed by atoms with Gasteiger partial charge in [0.2, 0.25) is 15.9 Å². The second-order valence-corrected chi connectivity index (χ2v) is 8.58. The molecule has 2 rings (SSSR count). The summed E-state index contributed by atoms with van der Waals surface area (Å²) in [7, 11) is -2.14. The van der Waals surface area contributed by atoms with Crippen LogP contribution in [0.25, 0.3) is 0 Å². The van der Waals surface area contributed by atoms with E-state index in [4.69, 9.17) is 4.74 Å². The first-order valence-corrected chi connectivity index (χ1v) is 11.5. The Morgan fingerprint density at radius 2 is 1.81 bits per heavy atom. The Balaban J connectivity index is 2.38. The third-order valence-corrected chi connectivity index (χ3v) is 6.00. The van der Waals surface area contributed by atoms with Crippen molar-refractivity contribution < 1.29 is 17.9 Å². The zero-order valence-electron chi connectivity index (χ0n) is 15.8. The van der Waals surface area contributed by atoms with E-state index in [2.05, 4.69) is 5.32 Å². The average molecular weight is 409 g/mol. The molecule has 0 aliphatic heterocycles. The maximum Gasteiger partial charge on any atom is 0.248 e. The normalized spacial score (nSPS) is 12.3. The number of para-hydroxylation sites is 1. The van der Waals surface area contributed by atoms with Gasteiger partial charge in [-0.1, -0.05) is 19.1 Å². The Morgan fingerprint density at radius 1 is 1.19 bits per heavy atom. The topological polar surface area (TPSA) is 75.7 Å². The number of benzene rings is 2. The molecule has 0 saturated carbocycles. The minimum absolute atomic E-state index is 0.326. The van der Waals surface area contributed by atoms with Crippen LogP contribution in [0.5, 0.6) is 5.75 Å². The molecule has 0 aromatic heterocycles. The van der Waals surface area contributed by atoms with Crippen molar-refractivity contribution in [3.8, 4) is 5.75 Å². The SMILES string of the molecule is CC[C@@H](C(=O)Nc1ccccc1SC)N(c1ccc(OC)cc1)S(C)(=O)=O. The van der Waals surface area contributed by atoms with Crippen LogP contribution in [-0.4, -0.2) is 40.0 Å². The summed E-state index contributed by atoms with van der Waals surface area (Å²) in [6, 6.07) is 13.1. The molecule has 0 unspecified atom stereocenters. The van der Waals surface area contributed by atoms with E-state index < -0.39 is 16.1 Å². The molecule has 2 aromatic rings. The van der Waals surface area contributed by atoms with Crippen molar-refractivity contribution in [3.63, 3.8) is 0 Å². The van der Waals surface area contributed by atoms with E-state index in [9.17, 15) is 13.2 Å². The second kappa shape index (κ2) is 9.14. The van der Waals surface area contributed by atoms with E-state index in [1.54, 1.807) is 37.3 Å². The van der Waals surface area contributed by atoms with E-state index in [0.717, 1.165) is 15.5 Å². The van der Waals surface area contributed by atoms with Crippen LogP contribution in [0.4, 0.5) is 11.4 Å². The lowest BCUT2D eigenvalue weighted by molar-refractivity contribution is -0.117. The van der Waals surface area contributed by atoms with E-state index in [1.165, 1.54) is 18.9 Å². The Bertz CT molecular complexity index is 883. The Morgan fingerprint density at radius 3 is 2.33 bits per heavy atom. The number of anilines is 2. The van der Waals surface area contributed by atoms with Gasteiger partial charge in [-0.3, -0.25) is 9.10 Å². The molecule has 6 nitrogen and oxygen atoms in total. The van der Waals surface area contributed by atoms with Gasteiger partial charge in [0.1, 0.15) is 11.8 Å². The third-order valence-electron chi connectivity index (χ3n) is 4.02. The zero-order chi connectivity index (χ0) is 20.0. The molecule has 0 saturated heterocycles. The molecule has 146 valence electrons. The first-order chi connectivity index (χ1) is 12.8. The van der Waals surface area contributed by atoms with Crippen LogP contribution < -0.4 is 14.4 Å². The van der Waals surface area contributed by atoms with Gasteiger partial charge in [0.05, 0.1) is 24.7 Å². The number of carbonyl (C=O) groups is 1. The maximum atomic E-state index is 12.9. The molecule has 0 radical (unpaired) electrons. The summed E-state index contributed by atoms with van der Waals surface area (Å²) < 4.78 is 31.2. The average Bonchev–Trinajstić information content (AvgIpc) is 2.65. The highest BCUT2D eigenvalue weighted by atomic mass is 32.2. The summed E-state index contributed by atoms with van der Waals surface area (Å²) >= 11 is 1.51. The quantitative estimate of drug-likeness (QED) is 0.676. The molecule has 0 fully saturated rings. The highest BCUT2D eigenvalue weighted by Crippen LogP contribution is 2.28. The van der Waals surface area contributed by atoms with Crippen molar-refractivity contribution in [1.82, 2.24) is 0 Å². The molecule has 0 aliphatic carbocycles. The highest BCUT2D eigenvalue weighted by Gasteiger charge is 2.31. The van der Waals surface area contributed by atoms with Crippen LogP contribution in [0.3, 0.4) is 0 Å². The first kappa shape index (κ1) is 21.1. The van der Waals surface area contributed by atoms with Gasteiger partial charge in [-0.15, -0.1) is 11.8 Å². The largest absolute Gasteiger partial charge is 0.497 e. The molecule has 0 bridgehead atoms. The van der Waals surface area contributed by atoms with Crippen LogP contribution >= 0.6 is 11.8 Å². The summed E-state index contributed by atoms with van der Waals surface area (Å²) in [5, 5.41) is 2.87. The smallest absolute Gasteiger partial charge is 0.248 e.